The smallest absolute Gasteiger partial charge is 0.309 e. The van der Waals surface area contributed by atoms with E-state index in [1.165, 1.54) is 4.90 Å². The first kappa shape index (κ1) is 11.5. The molecule has 0 bridgehead atoms. The highest BCUT2D eigenvalue weighted by Crippen LogP contribution is 2.42. The molecule has 1 fully saturated rings. The molecule has 1 aliphatic carbocycles. The van der Waals surface area contributed by atoms with Crippen LogP contribution in [-0.2, 0) is 16.8 Å². The highest BCUT2D eigenvalue weighted by atomic mass is 35.5. The van der Waals surface area contributed by atoms with Crippen molar-refractivity contribution >= 4 is 23.5 Å². The van der Waals surface area contributed by atoms with Crippen LogP contribution in [-0.4, -0.2) is 28.9 Å². The third-order valence-corrected chi connectivity index (χ3v) is 4.06. The lowest BCUT2D eigenvalue weighted by atomic mass is 9.76. The van der Waals surface area contributed by atoms with E-state index in [0.29, 0.717) is 11.6 Å². The number of urea groups is 1. The predicted octanol–water partition coefficient (Wildman–Crippen LogP) is 1.45. The van der Waals surface area contributed by atoms with E-state index in [0.717, 1.165) is 24.0 Å². The second-order valence-electron chi connectivity index (χ2n) is 4.70. The number of nitrogens with zero attached hydrogens (tertiary/aromatic N) is 2. The van der Waals surface area contributed by atoms with Crippen molar-refractivity contribution < 1.29 is 9.59 Å². The Kier molecular flexibility index (Phi) is 2.35. The topological polar surface area (TPSA) is 62.3 Å². The van der Waals surface area contributed by atoms with Crippen LogP contribution in [0.2, 0.25) is 5.15 Å². The number of rotatable bonds is 0. The van der Waals surface area contributed by atoms with Gasteiger partial charge in [0.2, 0.25) is 0 Å². The molecule has 1 aromatic heterocycles. The minimum Gasteiger partial charge on any atom is -0.309 e. The van der Waals surface area contributed by atoms with Gasteiger partial charge in [-0.05, 0) is 36.5 Å². The molecule has 94 valence electrons. The molecule has 1 aliphatic heterocycles. The number of nitrogens with one attached hydrogen (secondary N) is 1. The summed E-state index contributed by atoms with van der Waals surface area (Å²) >= 11 is 5.92. The van der Waals surface area contributed by atoms with Crippen molar-refractivity contribution in [1.82, 2.24) is 15.2 Å². The van der Waals surface area contributed by atoms with E-state index in [-0.39, 0.29) is 11.9 Å². The first-order chi connectivity index (χ1) is 8.55. The molecule has 1 unspecified atom stereocenters. The SMILES string of the molecule is CN1C(=O)NC(=O)C12CCCc1cnc(Cl)cc12. The normalized spacial score (nSPS) is 26.4. The fourth-order valence-electron chi connectivity index (χ4n) is 2.91. The van der Waals surface area contributed by atoms with E-state index in [1.54, 1.807) is 19.3 Å². The quantitative estimate of drug-likeness (QED) is 0.570. The number of likely N-dealkylation sites (N-methyl/N-ethyl adjacent to an activating group) is 1. The van der Waals surface area contributed by atoms with Gasteiger partial charge < -0.3 is 4.90 Å². The summed E-state index contributed by atoms with van der Waals surface area (Å²) in [5.74, 6) is -0.266. The van der Waals surface area contributed by atoms with Crippen molar-refractivity contribution in [1.29, 1.82) is 0 Å². The zero-order valence-electron chi connectivity index (χ0n) is 9.86. The van der Waals surface area contributed by atoms with Crippen LogP contribution >= 0.6 is 11.6 Å². The van der Waals surface area contributed by atoms with Crippen LogP contribution in [0.15, 0.2) is 12.3 Å². The Hall–Kier alpha value is -1.62. The maximum atomic E-state index is 12.2. The van der Waals surface area contributed by atoms with Gasteiger partial charge in [0.1, 0.15) is 10.7 Å². The highest BCUT2D eigenvalue weighted by molar-refractivity contribution is 6.29. The summed E-state index contributed by atoms with van der Waals surface area (Å²) < 4.78 is 0. The Morgan fingerprint density at radius 3 is 2.94 bits per heavy atom. The lowest BCUT2D eigenvalue weighted by molar-refractivity contribution is -0.127. The average molecular weight is 266 g/mol. The zero-order valence-corrected chi connectivity index (χ0v) is 10.6. The summed E-state index contributed by atoms with van der Waals surface area (Å²) in [4.78, 5) is 29.4. The van der Waals surface area contributed by atoms with Gasteiger partial charge in [0, 0.05) is 13.2 Å². The van der Waals surface area contributed by atoms with Gasteiger partial charge in [-0.25, -0.2) is 9.78 Å². The first-order valence-corrected chi connectivity index (χ1v) is 6.17. The summed E-state index contributed by atoms with van der Waals surface area (Å²) in [6.45, 7) is 0. The van der Waals surface area contributed by atoms with Crippen LogP contribution in [0.1, 0.15) is 24.0 Å². The second-order valence-corrected chi connectivity index (χ2v) is 5.08. The Morgan fingerprint density at radius 2 is 2.28 bits per heavy atom. The molecule has 1 spiro atoms. The van der Waals surface area contributed by atoms with Gasteiger partial charge in [0.15, 0.2) is 0 Å². The number of halogens is 1. The molecular weight excluding hydrogens is 254 g/mol. The first-order valence-electron chi connectivity index (χ1n) is 5.80. The van der Waals surface area contributed by atoms with Gasteiger partial charge in [-0.15, -0.1) is 0 Å². The number of fused-ring (bicyclic) bond motifs is 2. The van der Waals surface area contributed by atoms with Gasteiger partial charge in [-0.3, -0.25) is 10.1 Å². The number of amides is 3. The summed E-state index contributed by atoms with van der Waals surface area (Å²) in [5, 5.41) is 2.72. The molecule has 3 amide bonds. The number of imide groups is 1. The predicted molar refractivity (Wildman–Crippen MR) is 65.2 cm³/mol. The fraction of sp³-hybridized carbons (Fsp3) is 0.417. The number of aryl methyl sites for hydroxylation is 1. The molecule has 2 aliphatic rings. The molecule has 5 nitrogen and oxygen atoms in total. The van der Waals surface area contributed by atoms with Crippen LogP contribution < -0.4 is 5.32 Å². The van der Waals surface area contributed by atoms with Gasteiger partial charge in [0.05, 0.1) is 0 Å². The minimum atomic E-state index is -0.906. The molecule has 0 aromatic carbocycles. The molecule has 1 N–H and O–H groups in total. The summed E-state index contributed by atoms with van der Waals surface area (Å²) in [6.07, 6.45) is 4.02. The van der Waals surface area contributed by atoms with Crippen LogP contribution in [0.3, 0.4) is 0 Å². The average Bonchev–Trinajstić information content (AvgIpc) is 2.55. The fourth-order valence-corrected chi connectivity index (χ4v) is 3.06. The van der Waals surface area contributed by atoms with Crippen LogP contribution in [0.5, 0.6) is 0 Å². The molecule has 1 saturated heterocycles. The molecule has 1 aromatic rings. The number of hydrogen-bond acceptors (Lipinski definition) is 3. The van der Waals surface area contributed by atoms with E-state index in [4.69, 9.17) is 11.6 Å². The Labute approximate surface area is 109 Å². The molecule has 0 radical (unpaired) electrons. The highest BCUT2D eigenvalue weighted by Gasteiger charge is 2.54. The maximum Gasteiger partial charge on any atom is 0.325 e. The standard InChI is InChI=1S/C12H12ClN3O2/c1-16-11(18)15-10(17)12(16)4-2-3-7-6-14-9(13)5-8(7)12/h5-6H,2-4H2,1H3,(H,15,17,18). The number of aromatic nitrogens is 1. The second kappa shape index (κ2) is 3.68. The number of carbonyl (C=O) groups excluding carboxylic acids is 2. The van der Waals surface area contributed by atoms with Crippen LogP contribution in [0.4, 0.5) is 4.79 Å². The Bertz CT molecular complexity index is 560. The van der Waals surface area contributed by atoms with Gasteiger partial charge >= 0.3 is 6.03 Å². The summed E-state index contributed by atoms with van der Waals surface area (Å²) in [5.41, 5.74) is 0.888. The van der Waals surface area contributed by atoms with Crippen molar-refractivity contribution in [2.24, 2.45) is 0 Å². The summed E-state index contributed by atoms with van der Waals surface area (Å²) in [6, 6.07) is 1.34. The molecule has 2 heterocycles. The van der Waals surface area contributed by atoms with Crippen molar-refractivity contribution in [2.75, 3.05) is 7.05 Å². The third kappa shape index (κ3) is 1.31. The van der Waals surface area contributed by atoms with E-state index < -0.39 is 5.54 Å². The van der Waals surface area contributed by atoms with Crippen molar-refractivity contribution in [3.63, 3.8) is 0 Å². The molecule has 3 rings (SSSR count). The van der Waals surface area contributed by atoms with E-state index in [2.05, 4.69) is 10.3 Å². The van der Waals surface area contributed by atoms with Gasteiger partial charge in [-0.1, -0.05) is 11.6 Å². The van der Waals surface area contributed by atoms with Crippen molar-refractivity contribution in [3.05, 3.63) is 28.5 Å². The monoisotopic (exact) mass is 265 g/mol. The zero-order chi connectivity index (χ0) is 12.9. The largest absolute Gasteiger partial charge is 0.325 e. The maximum absolute atomic E-state index is 12.2. The molecule has 6 heteroatoms. The number of hydrogen-bond donors (Lipinski definition) is 1. The van der Waals surface area contributed by atoms with Gasteiger partial charge in [0.25, 0.3) is 5.91 Å². The molecule has 18 heavy (non-hydrogen) atoms. The third-order valence-electron chi connectivity index (χ3n) is 3.86. The molecule has 1 atom stereocenters. The van der Waals surface area contributed by atoms with Crippen molar-refractivity contribution in [2.45, 2.75) is 24.8 Å². The Balaban J connectivity index is 2.24. The summed E-state index contributed by atoms with van der Waals surface area (Å²) in [7, 11) is 1.64. The van der Waals surface area contributed by atoms with E-state index >= 15 is 0 Å². The van der Waals surface area contributed by atoms with E-state index in [9.17, 15) is 9.59 Å². The Morgan fingerprint density at radius 1 is 1.50 bits per heavy atom. The van der Waals surface area contributed by atoms with Crippen LogP contribution in [0, 0.1) is 0 Å². The lowest BCUT2D eigenvalue weighted by Crippen LogP contribution is -2.47. The number of carbonyl (C=O) groups is 2. The van der Waals surface area contributed by atoms with E-state index in [1.807, 2.05) is 0 Å². The molecule has 0 saturated carbocycles. The number of pyridine rings is 1. The molecular formula is C12H12ClN3O2. The lowest BCUT2D eigenvalue weighted by Gasteiger charge is -2.37. The van der Waals surface area contributed by atoms with Crippen molar-refractivity contribution in [3.8, 4) is 0 Å². The van der Waals surface area contributed by atoms with Gasteiger partial charge in [-0.2, -0.15) is 0 Å². The van der Waals surface area contributed by atoms with Crippen LogP contribution in [0.25, 0.3) is 0 Å². The minimum absolute atomic E-state index is 0.266.